The Morgan fingerprint density at radius 2 is 2.05 bits per heavy atom. The van der Waals surface area contributed by atoms with Crippen LogP contribution in [-0.4, -0.2) is 39.8 Å². The second-order valence-electron chi connectivity index (χ2n) is 5.49. The van der Waals surface area contributed by atoms with Crippen LogP contribution in [0.3, 0.4) is 0 Å². The monoisotopic (exact) mass is 279 g/mol. The van der Waals surface area contributed by atoms with Gasteiger partial charge in [0, 0.05) is 19.1 Å². The van der Waals surface area contributed by atoms with Gasteiger partial charge in [0.25, 0.3) is 0 Å². The van der Waals surface area contributed by atoms with Gasteiger partial charge in [-0.15, -0.1) is 0 Å². The molecule has 1 saturated carbocycles. The maximum absolute atomic E-state index is 11.9. The number of hydrogen-bond donors (Lipinski definition) is 2. The Morgan fingerprint density at radius 3 is 2.70 bits per heavy atom. The topological polar surface area (TPSA) is 71.8 Å². The van der Waals surface area contributed by atoms with Gasteiger partial charge >= 0.3 is 0 Å². The number of carbonyl (C=O) groups is 1. The lowest BCUT2D eigenvalue weighted by atomic mass is 10.1. The Hall–Kier alpha value is -1.43. The van der Waals surface area contributed by atoms with Crippen molar-refractivity contribution in [1.29, 1.82) is 0 Å². The van der Waals surface area contributed by atoms with Crippen molar-refractivity contribution < 1.29 is 4.79 Å². The number of hydrogen-bond acceptors (Lipinski definition) is 4. The molecular weight excluding hydrogens is 254 g/mol. The van der Waals surface area contributed by atoms with Crippen molar-refractivity contribution in [2.45, 2.75) is 57.5 Å². The van der Waals surface area contributed by atoms with E-state index in [0.29, 0.717) is 12.6 Å². The molecule has 1 amide bonds. The van der Waals surface area contributed by atoms with Crippen molar-refractivity contribution in [3.8, 4) is 0 Å². The van der Waals surface area contributed by atoms with Crippen LogP contribution in [0.1, 0.15) is 51.5 Å². The average molecular weight is 279 g/mol. The van der Waals surface area contributed by atoms with Gasteiger partial charge in [-0.3, -0.25) is 4.79 Å². The lowest BCUT2D eigenvalue weighted by molar-refractivity contribution is -0.124. The molecule has 1 unspecified atom stereocenters. The van der Waals surface area contributed by atoms with Crippen molar-refractivity contribution in [3.63, 3.8) is 0 Å². The van der Waals surface area contributed by atoms with Gasteiger partial charge in [0.1, 0.15) is 18.7 Å². The maximum Gasteiger partial charge on any atom is 0.244 e. The van der Waals surface area contributed by atoms with Gasteiger partial charge in [-0.05, 0) is 19.8 Å². The molecule has 0 spiro atoms. The van der Waals surface area contributed by atoms with E-state index in [2.05, 4.69) is 20.7 Å². The van der Waals surface area contributed by atoms with E-state index in [-0.39, 0.29) is 11.9 Å². The molecule has 1 atom stereocenters. The zero-order valence-corrected chi connectivity index (χ0v) is 12.2. The first-order valence-corrected chi connectivity index (χ1v) is 7.62. The zero-order chi connectivity index (χ0) is 14.2. The smallest absolute Gasteiger partial charge is 0.244 e. The fraction of sp³-hybridized carbons (Fsp3) is 0.786. The van der Waals surface area contributed by atoms with Gasteiger partial charge in [-0.25, -0.2) is 9.67 Å². The number of nitrogens with zero attached hydrogens (tertiary/aromatic N) is 3. The number of rotatable bonds is 6. The molecule has 2 N–H and O–H groups in total. The highest BCUT2D eigenvalue weighted by Crippen LogP contribution is 2.16. The molecule has 0 saturated heterocycles. The maximum atomic E-state index is 11.9. The third kappa shape index (κ3) is 4.59. The Balaban J connectivity index is 1.61. The van der Waals surface area contributed by atoms with Crippen LogP contribution in [0.4, 0.5) is 0 Å². The lowest BCUT2D eigenvalue weighted by Crippen LogP contribution is -2.39. The van der Waals surface area contributed by atoms with Crippen LogP contribution in [0.15, 0.2) is 12.7 Å². The van der Waals surface area contributed by atoms with E-state index in [1.807, 2.05) is 6.92 Å². The van der Waals surface area contributed by atoms with Crippen LogP contribution in [0.5, 0.6) is 0 Å². The highest BCUT2D eigenvalue weighted by Gasteiger charge is 2.15. The third-order valence-corrected chi connectivity index (χ3v) is 3.93. The predicted molar refractivity (Wildman–Crippen MR) is 77.2 cm³/mol. The molecule has 6 heteroatoms. The minimum Gasteiger partial charge on any atom is -0.353 e. The summed E-state index contributed by atoms with van der Waals surface area (Å²) in [4.78, 5) is 15.8. The Labute approximate surface area is 120 Å². The summed E-state index contributed by atoms with van der Waals surface area (Å²) in [6, 6.07) is 0.317. The van der Waals surface area contributed by atoms with E-state index in [0.717, 1.165) is 6.54 Å². The third-order valence-electron chi connectivity index (χ3n) is 3.93. The molecule has 1 aliphatic rings. The van der Waals surface area contributed by atoms with Crippen LogP contribution in [0.25, 0.3) is 0 Å². The fourth-order valence-corrected chi connectivity index (χ4v) is 2.63. The van der Waals surface area contributed by atoms with Gasteiger partial charge < -0.3 is 10.6 Å². The van der Waals surface area contributed by atoms with Crippen molar-refractivity contribution in [2.75, 3.05) is 13.1 Å². The van der Waals surface area contributed by atoms with Gasteiger partial charge in [-0.1, -0.05) is 25.7 Å². The normalized spacial score (nSPS) is 18.4. The molecule has 112 valence electrons. The molecule has 6 nitrogen and oxygen atoms in total. The van der Waals surface area contributed by atoms with Crippen molar-refractivity contribution in [3.05, 3.63) is 12.7 Å². The number of amides is 1. The first kappa shape index (κ1) is 15.0. The Kier molecular flexibility index (Phi) is 5.98. The van der Waals surface area contributed by atoms with Crippen LogP contribution >= 0.6 is 0 Å². The quantitative estimate of drug-likeness (QED) is 0.607. The Bertz CT molecular complexity index is 384. The molecule has 1 fully saturated rings. The summed E-state index contributed by atoms with van der Waals surface area (Å²) in [5.74, 6) is -0.0156. The summed E-state index contributed by atoms with van der Waals surface area (Å²) in [5, 5.41) is 10.5. The van der Waals surface area contributed by atoms with Gasteiger partial charge in [0.2, 0.25) is 5.91 Å². The second-order valence-corrected chi connectivity index (χ2v) is 5.49. The summed E-state index contributed by atoms with van der Waals surface area (Å²) < 4.78 is 1.56. The van der Waals surface area contributed by atoms with E-state index in [9.17, 15) is 4.79 Å². The summed E-state index contributed by atoms with van der Waals surface area (Å²) in [5.41, 5.74) is 0. The van der Waals surface area contributed by atoms with Crippen LogP contribution in [0, 0.1) is 0 Å². The predicted octanol–water partition coefficient (Wildman–Crippen LogP) is 1.27. The molecule has 1 aromatic rings. The van der Waals surface area contributed by atoms with Crippen molar-refractivity contribution in [2.24, 2.45) is 0 Å². The minimum atomic E-state index is -0.310. The zero-order valence-electron chi connectivity index (χ0n) is 12.2. The molecule has 20 heavy (non-hydrogen) atoms. The molecule has 1 heterocycles. The highest BCUT2D eigenvalue weighted by atomic mass is 16.2. The van der Waals surface area contributed by atoms with Crippen LogP contribution in [0.2, 0.25) is 0 Å². The second kappa shape index (κ2) is 7.99. The molecular formula is C14H25N5O. The molecule has 0 aliphatic heterocycles. The summed E-state index contributed by atoms with van der Waals surface area (Å²) in [6.45, 7) is 3.32. The van der Waals surface area contributed by atoms with Crippen molar-refractivity contribution in [1.82, 2.24) is 25.4 Å². The minimum absolute atomic E-state index is 0.0156. The average Bonchev–Trinajstić information content (AvgIpc) is 2.87. The first-order chi connectivity index (χ1) is 9.77. The SMILES string of the molecule is CC(C(=O)NCCNC1CCCCCC1)n1cncn1. The van der Waals surface area contributed by atoms with Gasteiger partial charge in [-0.2, -0.15) is 5.10 Å². The van der Waals surface area contributed by atoms with Crippen molar-refractivity contribution >= 4 is 5.91 Å². The molecule has 2 rings (SSSR count). The molecule has 1 aliphatic carbocycles. The van der Waals surface area contributed by atoms with Crippen LogP contribution < -0.4 is 10.6 Å². The van der Waals surface area contributed by atoms with Gasteiger partial charge in [0.15, 0.2) is 0 Å². The molecule has 0 radical (unpaired) electrons. The van der Waals surface area contributed by atoms with E-state index < -0.39 is 0 Å². The standard InChI is InChI=1S/C14H25N5O/c1-12(19-11-15-10-18-19)14(20)17-9-8-16-13-6-4-2-3-5-7-13/h10-13,16H,2-9H2,1H3,(H,17,20). The highest BCUT2D eigenvalue weighted by molar-refractivity contribution is 5.79. The Morgan fingerprint density at radius 1 is 1.30 bits per heavy atom. The molecule has 1 aromatic heterocycles. The molecule has 0 bridgehead atoms. The first-order valence-electron chi connectivity index (χ1n) is 7.62. The number of aromatic nitrogens is 3. The number of nitrogens with one attached hydrogen (secondary N) is 2. The molecule has 0 aromatic carbocycles. The van der Waals surface area contributed by atoms with E-state index >= 15 is 0 Å². The number of carbonyl (C=O) groups excluding carboxylic acids is 1. The van der Waals surface area contributed by atoms with E-state index in [4.69, 9.17) is 0 Å². The largest absolute Gasteiger partial charge is 0.353 e. The summed E-state index contributed by atoms with van der Waals surface area (Å²) >= 11 is 0. The summed E-state index contributed by atoms with van der Waals surface area (Å²) in [6.07, 6.45) is 10.9. The van der Waals surface area contributed by atoms with E-state index in [1.54, 1.807) is 11.0 Å². The van der Waals surface area contributed by atoms with Gasteiger partial charge in [0.05, 0.1) is 0 Å². The van der Waals surface area contributed by atoms with Crippen LogP contribution in [-0.2, 0) is 4.79 Å². The van der Waals surface area contributed by atoms with E-state index in [1.165, 1.54) is 44.9 Å². The summed E-state index contributed by atoms with van der Waals surface area (Å²) in [7, 11) is 0. The lowest BCUT2D eigenvalue weighted by Gasteiger charge is -2.17. The fourth-order valence-electron chi connectivity index (χ4n) is 2.63.